The largest absolute Gasteiger partial charge is 0.370 e. The maximum absolute atomic E-state index is 4.65. The van der Waals surface area contributed by atoms with Gasteiger partial charge in [-0.25, -0.2) is 9.97 Å². The molecule has 5 nitrogen and oxygen atoms in total. The van der Waals surface area contributed by atoms with Gasteiger partial charge < -0.3 is 15.5 Å². The van der Waals surface area contributed by atoms with Gasteiger partial charge in [0.05, 0.1) is 0 Å². The Hall–Kier alpha value is -1.36. The lowest BCUT2D eigenvalue weighted by Gasteiger charge is -2.30. The molecule has 1 atom stereocenters. The highest BCUT2D eigenvalue weighted by Gasteiger charge is 2.18. The number of likely N-dealkylation sites (tertiary alicyclic amines) is 1. The number of aromatic nitrogens is 2. The van der Waals surface area contributed by atoms with Crippen molar-refractivity contribution in [2.24, 2.45) is 0 Å². The first-order valence-electron chi connectivity index (χ1n) is 7.66. The number of rotatable bonds is 5. The van der Waals surface area contributed by atoms with E-state index < -0.39 is 0 Å². The standard InChI is InChI=1S/C15H27N5/c1-5-16-13-9-14(19-15(18-13)11(2)3)17-12-7-6-8-20(4)10-12/h9,11-12H,5-8,10H2,1-4H3,(H2,16,17,18,19). The lowest BCUT2D eigenvalue weighted by molar-refractivity contribution is 0.260. The van der Waals surface area contributed by atoms with Crippen molar-refractivity contribution >= 4 is 11.6 Å². The van der Waals surface area contributed by atoms with Crippen LogP contribution in [0.3, 0.4) is 0 Å². The Morgan fingerprint density at radius 2 is 2.10 bits per heavy atom. The summed E-state index contributed by atoms with van der Waals surface area (Å²) in [7, 11) is 2.18. The van der Waals surface area contributed by atoms with Crippen LogP contribution >= 0.6 is 0 Å². The highest BCUT2D eigenvalue weighted by atomic mass is 15.2. The van der Waals surface area contributed by atoms with Crippen molar-refractivity contribution in [3.05, 3.63) is 11.9 Å². The zero-order valence-corrected chi connectivity index (χ0v) is 13.1. The number of hydrogen-bond acceptors (Lipinski definition) is 5. The van der Waals surface area contributed by atoms with Crippen LogP contribution in [0.25, 0.3) is 0 Å². The Morgan fingerprint density at radius 3 is 2.75 bits per heavy atom. The second-order valence-corrected chi connectivity index (χ2v) is 5.93. The molecule has 1 aromatic rings. The quantitative estimate of drug-likeness (QED) is 0.866. The molecule has 0 radical (unpaired) electrons. The van der Waals surface area contributed by atoms with E-state index >= 15 is 0 Å². The minimum Gasteiger partial charge on any atom is -0.370 e. The van der Waals surface area contributed by atoms with Gasteiger partial charge in [-0.3, -0.25) is 0 Å². The van der Waals surface area contributed by atoms with E-state index in [1.165, 1.54) is 19.4 Å². The minimum absolute atomic E-state index is 0.336. The fourth-order valence-electron chi connectivity index (χ4n) is 2.56. The number of anilines is 2. The maximum Gasteiger partial charge on any atom is 0.135 e. The summed E-state index contributed by atoms with van der Waals surface area (Å²) in [5.41, 5.74) is 0. The van der Waals surface area contributed by atoms with Crippen LogP contribution in [0.5, 0.6) is 0 Å². The fraction of sp³-hybridized carbons (Fsp3) is 0.733. The van der Waals surface area contributed by atoms with Crippen molar-refractivity contribution in [1.29, 1.82) is 0 Å². The molecule has 1 aliphatic heterocycles. The summed E-state index contributed by atoms with van der Waals surface area (Å²) >= 11 is 0. The first-order chi connectivity index (χ1) is 9.58. The molecule has 1 saturated heterocycles. The highest BCUT2D eigenvalue weighted by molar-refractivity contribution is 5.48. The number of hydrogen-bond donors (Lipinski definition) is 2. The van der Waals surface area contributed by atoms with Crippen LogP contribution in [-0.4, -0.2) is 47.6 Å². The fourth-order valence-corrected chi connectivity index (χ4v) is 2.56. The molecular weight excluding hydrogens is 250 g/mol. The molecule has 1 aromatic heterocycles. The Morgan fingerprint density at radius 1 is 1.35 bits per heavy atom. The van der Waals surface area contributed by atoms with E-state index in [1.54, 1.807) is 0 Å². The number of nitrogens with one attached hydrogen (secondary N) is 2. The molecule has 0 spiro atoms. The molecule has 0 bridgehead atoms. The summed E-state index contributed by atoms with van der Waals surface area (Å²) in [6.45, 7) is 9.49. The van der Waals surface area contributed by atoms with Crippen molar-refractivity contribution in [2.75, 3.05) is 37.3 Å². The first-order valence-corrected chi connectivity index (χ1v) is 7.66. The second-order valence-electron chi connectivity index (χ2n) is 5.93. The van der Waals surface area contributed by atoms with Crippen molar-refractivity contribution in [3.8, 4) is 0 Å². The molecular formula is C15H27N5. The summed E-state index contributed by atoms with van der Waals surface area (Å²) in [5, 5.41) is 6.86. The normalized spacial score (nSPS) is 20.1. The summed E-state index contributed by atoms with van der Waals surface area (Å²) < 4.78 is 0. The molecule has 20 heavy (non-hydrogen) atoms. The Bertz CT molecular complexity index is 432. The van der Waals surface area contributed by atoms with Gasteiger partial charge in [0, 0.05) is 31.1 Å². The summed E-state index contributed by atoms with van der Waals surface area (Å²) in [5.74, 6) is 3.09. The number of nitrogens with zero attached hydrogens (tertiary/aromatic N) is 3. The molecule has 1 aliphatic rings. The zero-order valence-electron chi connectivity index (χ0n) is 13.1. The van der Waals surface area contributed by atoms with Crippen molar-refractivity contribution in [3.63, 3.8) is 0 Å². The molecule has 2 N–H and O–H groups in total. The highest BCUT2D eigenvalue weighted by Crippen LogP contribution is 2.19. The van der Waals surface area contributed by atoms with Crippen LogP contribution < -0.4 is 10.6 Å². The van der Waals surface area contributed by atoms with Crippen LogP contribution in [-0.2, 0) is 0 Å². The van der Waals surface area contributed by atoms with Gasteiger partial charge in [0.2, 0.25) is 0 Å². The van der Waals surface area contributed by atoms with Crippen LogP contribution in [0.2, 0.25) is 0 Å². The third kappa shape index (κ3) is 4.07. The van der Waals surface area contributed by atoms with Crippen LogP contribution in [0.4, 0.5) is 11.6 Å². The summed E-state index contributed by atoms with van der Waals surface area (Å²) in [6, 6.07) is 2.50. The molecule has 0 aromatic carbocycles. The Balaban J connectivity index is 2.12. The lowest BCUT2D eigenvalue weighted by Crippen LogP contribution is -2.40. The molecule has 0 amide bonds. The van der Waals surface area contributed by atoms with E-state index in [4.69, 9.17) is 0 Å². The second kappa shape index (κ2) is 6.88. The molecule has 1 fully saturated rings. The zero-order chi connectivity index (χ0) is 14.5. The van der Waals surface area contributed by atoms with Gasteiger partial charge in [-0.05, 0) is 33.4 Å². The average molecular weight is 277 g/mol. The van der Waals surface area contributed by atoms with Crippen molar-refractivity contribution in [1.82, 2.24) is 14.9 Å². The van der Waals surface area contributed by atoms with Gasteiger partial charge in [0.15, 0.2) is 0 Å². The molecule has 2 rings (SSSR count). The SMILES string of the molecule is CCNc1cc(NC2CCCN(C)C2)nc(C(C)C)n1. The van der Waals surface area contributed by atoms with Crippen molar-refractivity contribution < 1.29 is 0 Å². The van der Waals surface area contributed by atoms with E-state index in [0.717, 1.165) is 30.5 Å². The first kappa shape index (κ1) is 15.0. The van der Waals surface area contributed by atoms with Crippen LogP contribution in [0.1, 0.15) is 45.4 Å². The molecule has 5 heteroatoms. The summed E-state index contributed by atoms with van der Waals surface area (Å²) in [4.78, 5) is 11.6. The van der Waals surface area contributed by atoms with Gasteiger partial charge in [-0.15, -0.1) is 0 Å². The molecule has 2 heterocycles. The molecule has 112 valence electrons. The van der Waals surface area contributed by atoms with E-state index in [9.17, 15) is 0 Å². The van der Waals surface area contributed by atoms with Gasteiger partial charge >= 0.3 is 0 Å². The summed E-state index contributed by atoms with van der Waals surface area (Å²) in [6.07, 6.45) is 2.46. The minimum atomic E-state index is 0.336. The number of piperidine rings is 1. The Kier molecular flexibility index (Phi) is 5.17. The number of likely N-dealkylation sites (N-methyl/N-ethyl adjacent to an activating group) is 1. The van der Waals surface area contributed by atoms with E-state index in [0.29, 0.717) is 12.0 Å². The third-order valence-electron chi connectivity index (χ3n) is 3.59. The van der Waals surface area contributed by atoms with E-state index in [1.807, 2.05) is 6.07 Å². The smallest absolute Gasteiger partial charge is 0.135 e. The molecule has 0 saturated carbocycles. The topological polar surface area (TPSA) is 53.1 Å². The van der Waals surface area contributed by atoms with Gasteiger partial charge in [-0.2, -0.15) is 0 Å². The average Bonchev–Trinajstić information content (AvgIpc) is 2.38. The molecule has 0 aliphatic carbocycles. The lowest BCUT2D eigenvalue weighted by atomic mass is 10.1. The third-order valence-corrected chi connectivity index (χ3v) is 3.59. The van der Waals surface area contributed by atoms with Gasteiger partial charge in [0.25, 0.3) is 0 Å². The molecule has 1 unspecified atom stereocenters. The predicted octanol–water partition coefficient (Wildman–Crippen LogP) is 2.54. The predicted molar refractivity (Wildman–Crippen MR) is 84.4 cm³/mol. The van der Waals surface area contributed by atoms with Crippen LogP contribution in [0, 0.1) is 0 Å². The van der Waals surface area contributed by atoms with Crippen LogP contribution in [0.15, 0.2) is 6.07 Å². The maximum atomic E-state index is 4.65. The van der Waals surface area contributed by atoms with E-state index in [-0.39, 0.29) is 0 Å². The van der Waals surface area contributed by atoms with Gasteiger partial charge in [0.1, 0.15) is 17.5 Å². The van der Waals surface area contributed by atoms with E-state index in [2.05, 4.69) is 53.3 Å². The van der Waals surface area contributed by atoms with Gasteiger partial charge in [-0.1, -0.05) is 13.8 Å². The van der Waals surface area contributed by atoms with Crippen molar-refractivity contribution in [2.45, 2.75) is 45.6 Å². The Labute approximate surface area is 122 Å². The monoisotopic (exact) mass is 277 g/mol.